The zero-order valence-corrected chi connectivity index (χ0v) is 14.5. The molecule has 0 spiro atoms. The summed E-state index contributed by atoms with van der Waals surface area (Å²) in [5, 5.41) is 11.7. The van der Waals surface area contributed by atoms with E-state index in [-0.39, 0.29) is 23.0 Å². The molecule has 136 valence electrons. The molecule has 1 saturated heterocycles. The highest BCUT2D eigenvalue weighted by molar-refractivity contribution is 7.92. The first kappa shape index (κ1) is 17.7. The van der Waals surface area contributed by atoms with Crippen molar-refractivity contribution < 1.29 is 23.1 Å². The van der Waals surface area contributed by atoms with Crippen molar-refractivity contribution in [2.45, 2.75) is 11.4 Å². The first-order chi connectivity index (χ1) is 12.4. The zero-order valence-electron chi connectivity index (χ0n) is 13.7. The quantitative estimate of drug-likeness (QED) is 0.711. The van der Waals surface area contributed by atoms with Gasteiger partial charge in [0, 0.05) is 19.6 Å². The third-order valence-corrected chi connectivity index (χ3v) is 5.32. The van der Waals surface area contributed by atoms with Crippen molar-refractivity contribution in [3.63, 3.8) is 0 Å². The van der Waals surface area contributed by atoms with Crippen molar-refractivity contribution in [1.29, 1.82) is 0 Å². The molecule has 26 heavy (non-hydrogen) atoms. The van der Waals surface area contributed by atoms with Crippen molar-refractivity contribution in [2.75, 3.05) is 17.8 Å². The highest BCUT2D eigenvalue weighted by atomic mass is 32.2. The summed E-state index contributed by atoms with van der Waals surface area (Å²) >= 11 is 0. The molecule has 0 saturated carbocycles. The average molecular weight is 375 g/mol. The molecule has 2 aromatic carbocycles. The first-order valence-electron chi connectivity index (χ1n) is 7.84. The molecule has 3 N–H and O–H groups in total. The highest BCUT2D eigenvalue weighted by Crippen LogP contribution is 2.22. The van der Waals surface area contributed by atoms with Gasteiger partial charge in [0.05, 0.1) is 16.1 Å². The van der Waals surface area contributed by atoms with Crippen LogP contribution in [0.4, 0.5) is 10.5 Å². The molecule has 0 unspecified atom stereocenters. The standard InChI is InChI=1S/C17H17N3O5S/c21-16(22)12-5-3-6-14(10-12)26(24,25)19-15-7-2-1-4-13(15)11-20-9-8-18-17(20)23/h1-7,10,19H,8-9,11H2,(H,18,23)(H,21,22). The van der Waals surface area contributed by atoms with Crippen LogP contribution >= 0.6 is 0 Å². The molecule has 9 heteroatoms. The number of carboxylic acid groups (broad SMARTS) is 1. The Balaban J connectivity index is 1.87. The Morgan fingerprint density at radius 3 is 2.65 bits per heavy atom. The average Bonchev–Trinajstić information content (AvgIpc) is 3.01. The first-order valence-corrected chi connectivity index (χ1v) is 9.32. The van der Waals surface area contributed by atoms with Crippen LogP contribution in [0.15, 0.2) is 53.4 Å². The van der Waals surface area contributed by atoms with Crippen LogP contribution in [-0.2, 0) is 16.6 Å². The van der Waals surface area contributed by atoms with Gasteiger partial charge in [0.15, 0.2) is 0 Å². The fourth-order valence-corrected chi connectivity index (χ4v) is 3.77. The molecule has 0 aromatic heterocycles. The minimum absolute atomic E-state index is 0.116. The third-order valence-electron chi connectivity index (χ3n) is 3.96. The van der Waals surface area contributed by atoms with Crippen LogP contribution in [0.1, 0.15) is 15.9 Å². The Bertz CT molecular complexity index is 958. The summed E-state index contributed by atoms with van der Waals surface area (Å²) in [6.07, 6.45) is 0. The fourth-order valence-electron chi connectivity index (χ4n) is 2.63. The molecule has 1 aliphatic heterocycles. The number of nitrogens with one attached hydrogen (secondary N) is 2. The lowest BCUT2D eigenvalue weighted by atomic mass is 10.2. The van der Waals surface area contributed by atoms with Crippen LogP contribution < -0.4 is 10.0 Å². The van der Waals surface area contributed by atoms with Crippen molar-refractivity contribution in [1.82, 2.24) is 10.2 Å². The molecule has 2 amide bonds. The number of hydrogen-bond donors (Lipinski definition) is 3. The molecule has 1 aliphatic rings. The van der Waals surface area contributed by atoms with E-state index in [1.54, 1.807) is 29.2 Å². The minimum Gasteiger partial charge on any atom is -0.478 e. The molecule has 1 fully saturated rings. The summed E-state index contributed by atoms with van der Waals surface area (Å²) in [5.74, 6) is -1.21. The fraction of sp³-hybridized carbons (Fsp3) is 0.176. The topological polar surface area (TPSA) is 116 Å². The Morgan fingerprint density at radius 1 is 1.19 bits per heavy atom. The molecular weight excluding hydrogens is 358 g/mol. The number of hydrogen-bond acceptors (Lipinski definition) is 4. The smallest absolute Gasteiger partial charge is 0.335 e. The van der Waals surface area contributed by atoms with Crippen molar-refractivity contribution in [2.24, 2.45) is 0 Å². The largest absolute Gasteiger partial charge is 0.478 e. The van der Waals surface area contributed by atoms with Crippen LogP contribution in [-0.4, -0.2) is 43.5 Å². The number of carboxylic acids is 1. The predicted molar refractivity (Wildman–Crippen MR) is 94.5 cm³/mol. The lowest BCUT2D eigenvalue weighted by Gasteiger charge is -2.18. The van der Waals surface area contributed by atoms with E-state index in [2.05, 4.69) is 10.0 Å². The van der Waals surface area contributed by atoms with Crippen LogP contribution in [0.3, 0.4) is 0 Å². The van der Waals surface area contributed by atoms with E-state index in [1.807, 2.05) is 0 Å². The maximum atomic E-state index is 12.6. The third kappa shape index (κ3) is 3.77. The monoisotopic (exact) mass is 375 g/mol. The number of urea groups is 1. The van der Waals surface area contributed by atoms with Crippen molar-refractivity contribution >= 4 is 27.7 Å². The van der Waals surface area contributed by atoms with Gasteiger partial charge in [-0.05, 0) is 29.8 Å². The number of para-hydroxylation sites is 1. The molecule has 0 radical (unpaired) electrons. The van der Waals surface area contributed by atoms with E-state index in [0.717, 1.165) is 6.07 Å². The van der Waals surface area contributed by atoms with E-state index >= 15 is 0 Å². The molecule has 0 aliphatic carbocycles. The second-order valence-corrected chi connectivity index (χ2v) is 7.43. The van der Waals surface area contributed by atoms with Gasteiger partial charge >= 0.3 is 12.0 Å². The SMILES string of the molecule is O=C(O)c1cccc(S(=O)(=O)Nc2ccccc2CN2CCNC2=O)c1. The normalized spacial score (nSPS) is 14.2. The summed E-state index contributed by atoms with van der Waals surface area (Å²) < 4.78 is 27.7. The number of anilines is 1. The van der Waals surface area contributed by atoms with Gasteiger partial charge in [0.25, 0.3) is 10.0 Å². The van der Waals surface area contributed by atoms with E-state index in [1.165, 1.54) is 18.2 Å². The maximum Gasteiger partial charge on any atom is 0.335 e. The van der Waals surface area contributed by atoms with Gasteiger partial charge in [0.2, 0.25) is 0 Å². The Morgan fingerprint density at radius 2 is 1.96 bits per heavy atom. The molecule has 2 aromatic rings. The number of carbonyl (C=O) groups excluding carboxylic acids is 1. The Hall–Kier alpha value is -3.07. The highest BCUT2D eigenvalue weighted by Gasteiger charge is 2.22. The summed E-state index contributed by atoms with van der Waals surface area (Å²) in [6.45, 7) is 1.36. The number of amides is 2. The molecule has 1 heterocycles. The van der Waals surface area contributed by atoms with Crippen molar-refractivity contribution in [3.8, 4) is 0 Å². The van der Waals surface area contributed by atoms with Crippen LogP contribution in [0.5, 0.6) is 0 Å². The predicted octanol–water partition coefficient (Wildman–Crippen LogP) is 1.71. The van der Waals surface area contributed by atoms with Gasteiger partial charge in [0.1, 0.15) is 0 Å². The number of benzene rings is 2. The number of sulfonamides is 1. The van der Waals surface area contributed by atoms with Crippen LogP contribution in [0, 0.1) is 0 Å². The maximum absolute atomic E-state index is 12.6. The van der Waals surface area contributed by atoms with Crippen molar-refractivity contribution in [3.05, 3.63) is 59.7 Å². The molecule has 0 bridgehead atoms. The van der Waals surface area contributed by atoms with Gasteiger partial charge in [-0.25, -0.2) is 18.0 Å². The molecule has 8 nitrogen and oxygen atoms in total. The van der Waals surface area contributed by atoms with Gasteiger partial charge in [-0.2, -0.15) is 0 Å². The number of rotatable bonds is 6. The van der Waals surface area contributed by atoms with Gasteiger partial charge in [-0.15, -0.1) is 0 Å². The molecule has 0 atom stereocenters. The summed E-state index contributed by atoms with van der Waals surface area (Å²) in [6, 6.07) is 11.7. The van der Waals surface area contributed by atoms with Gasteiger partial charge in [-0.1, -0.05) is 24.3 Å². The summed E-state index contributed by atoms with van der Waals surface area (Å²) in [5.41, 5.74) is 0.866. The van der Waals surface area contributed by atoms with Crippen LogP contribution in [0.2, 0.25) is 0 Å². The van der Waals surface area contributed by atoms with Gasteiger partial charge in [-0.3, -0.25) is 4.72 Å². The lowest BCUT2D eigenvalue weighted by molar-refractivity contribution is 0.0696. The van der Waals surface area contributed by atoms with E-state index in [9.17, 15) is 18.0 Å². The Kier molecular flexibility index (Phi) is 4.81. The molecular formula is C17H17N3O5S. The minimum atomic E-state index is -3.97. The number of aromatic carboxylic acids is 1. The zero-order chi connectivity index (χ0) is 18.7. The number of nitrogens with zero attached hydrogens (tertiary/aromatic N) is 1. The van der Waals surface area contributed by atoms with E-state index < -0.39 is 16.0 Å². The second-order valence-electron chi connectivity index (χ2n) is 5.75. The van der Waals surface area contributed by atoms with E-state index in [0.29, 0.717) is 24.3 Å². The lowest BCUT2D eigenvalue weighted by Crippen LogP contribution is -2.28. The van der Waals surface area contributed by atoms with Gasteiger partial charge < -0.3 is 15.3 Å². The van der Waals surface area contributed by atoms with Crippen LogP contribution in [0.25, 0.3) is 0 Å². The summed E-state index contributed by atoms with van der Waals surface area (Å²) in [7, 11) is -3.97. The van der Waals surface area contributed by atoms with E-state index in [4.69, 9.17) is 5.11 Å². The summed E-state index contributed by atoms with van der Waals surface area (Å²) in [4.78, 5) is 24.2. The Labute approximate surface area is 150 Å². The molecule has 3 rings (SSSR count). The number of carbonyl (C=O) groups is 2. The second kappa shape index (κ2) is 7.04.